The average molecular weight is 949 g/mol. The van der Waals surface area contributed by atoms with Crippen LogP contribution >= 0.6 is 0 Å². The van der Waals surface area contributed by atoms with E-state index in [4.69, 9.17) is 0 Å². The van der Waals surface area contributed by atoms with Crippen LogP contribution in [-0.4, -0.2) is 0 Å². The van der Waals surface area contributed by atoms with Crippen molar-refractivity contribution in [3.8, 4) is 89.0 Å². The van der Waals surface area contributed by atoms with E-state index in [1.807, 2.05) is 0 Å². The van der Waals surface area contributed by atoms with Gasteiger partial charge in [0.2, 0.25) is 0 Å². The van der Waals surface area contributed by atoms with Gasteiger partial charge in [-0.2, -0.15) is 0 Å². The Kier molecular flexibility index (Phi) is 8.63. The highest BCUT2D eigenvalue weighted by Gasteiger charge is 2.49. The van der Waals surface area contributed by atoms with Gasteiger partial charge in [-0.25, -0.2) is 0 Å². The lowest BCUT2D eigenvalue weighted by Gasteiger charge is -2.28. The monoisotopic (exact) mass is 948 g/mol. The van der Waals surface area contributed by atoms with Crippen molar-refractivity contribution < 1.29 is 0 Å². The maximum absolute atomic E-state index is 2.61. The van der Waals surface area contributed by atoms with Crippen molar-refractivity contribution in [1.29, 1.82) is 0 Å². The SMILES string of the molecule is C1=CCC2(C1)c1ccccc1-c1ccc(-c3ccc4c(c3)C3(CCCC3)c3cc(-c5ccc(-c6ccc7c(c6)C6(CCCC6)c6cc(-c8ccc9c(c8)C8(CCCC8)c8ccccc8-9)ccc6-7)cc5)ccc3-4)cc12. The van der Waals surface area contributed by atoms with Crippen molar-refractivity contribution in [2.75, 3.05) is 0 Å². The zero-order valence-electron chi connectivity index (χ0n) is 42.4. The highest BCUT2D eigenvalue weighted by Crippen LogP contribution is 2.62. The summed E-state index contributed by atoms with van der Waals surface area (Å²) in [5.74, 6) is 0. The van der Waals surface area contributed by atoms with Crippen LogP contribution in [0.1, 0.15) is 134 Å². The molecule has 0 saturated heterocycles. The van der Waals surface area contributed by atoms with Gasteiger partial charge in [0.15, 0.2) is 0 Å². The van der Waals surface area contributed by atoms with E-state index in [-0.39, 0.29) is 21.7 Å². The van der Waals surface area contributed by atoms with Gasteiger partial charge in [-0.05, 0) is 221 Å². The third-order valence-corrected chi connectivity index (χ3v) is 20.9. The summed E-state index contributed by atoms with van der Waals surface area (Å²) in [6, 6.07) is 72.7. The Morgan fingerprint density at radius 1 is 0.203 bits per heavy atom. The molecule has 8 aliphatic carbocycles. The van der Waals surface area contributed by atoms with Crippen molar-refractivity contribution in [1.82, 2.24) is 0 Å². The summed E-state index contributed by atoms with van der Waals surface area (Å²) in [6.45, 7) is 0. The summed E-state index contributed by atoms with van der Waals surface area (Å²) in [5, 5.41) is 0. The molecule has 0 heteroatoms. The minimum Gasteiger partial charge on any atom is -0.0873 e. The standard InChI is InChI=1S/C74H60/c1-3-15-63-55(13-1)57-29-23-51(43-65(57)71(63)33-5-6-34-71)53-25-31-61-59-27-21-49(41-67(59)73(69(61)45-53)37-9-10-38-73)47-17-19-48(20-18-47)50-22-28-60-62-32-26-54(46-70(62)74(68(60)42-50)39-11-12-40-74)52-24-30-58-56-14-2-4-16-64(56)72(66(58)44-52)35-7-8-36-72/h1-6,13-32,41-46H,7-12,33-40H2. The van der Waals surface area contributed by atoms with Gasteiger partial charge in [-0.3, -0.25) is 0 Å². The van der Waals surface area contributed by atoms with Crippen molar-refractivity contribution >= 4 is 0 Å². The van der Waals surface area contributed by atoms with E-state index < -0.39 is 0 Å². The molecule has 17 rings (SSSR count). The van der Waals surface area contributed by atoms with Crippen LogP contribution in [0.2, 0.25) is 0 Å². The number of allylic oxidation sites excluding steroid dienone is 2. The molecule has 356 valence electrons. The molecule has 0 atom stereocenters. The Labute approximate surface area is 436 Å². The topological polar surface area (TPSA) is 0 Å². The van der Waals surface area contributed by atoms with Gasteiger partial charge in [0, 0.05) is 21.7 Å². The fraction of sp³-hybridized carbons (Fsp3) is 0.243. The van der Waals surface area contributed by atoms with Crippen LogP contribution < -0.4 is 0 Å². The molecule has 8 aliphatic rings. The van der Waals surface area contributed by atoms with Gasteiger partial charge >= 0.3 is 0 Å². The molecule has 0 heterocycles. The minimum absolute atomic E-state index is 0.0742. The summed E-state index contributed by atoms with van der Waals surface area (Å²) in [6.07, 6.45) is 22.2. The predicted molar refractivity (Wildman–Crippen MR) is 307 cm³/mol. The zero-order valence-corrected chi connectivity index (χ0v) is 42.4. The van der Waals surface area contributed by atoms with Crippen LogP contribution in [0.3, 0.4) is 0 Å². The predicted octanol–water partition coefficient (Wildman–Crippen LogP) is 19.5. The zero-order chi connectivity index (χ0) is 48.4. The van der Waals surface area contributed by atoms with Gasteiger partial charge in [0.25, 0.3) is 0 Å². The molecule has 9 aromatic rings. The molecule has 0 amide bonds. The van der Waals surface area contributed by atoms with Gasteiger partial charge in [-0.1, -0.05) is 196 Å². The van der Waals surface area contributed by atoms with Gasteiger partial charge < -0.3 is 0 Å². The molecule has 0 bridgehead atoms. The van der Waals surface area contributed by atoms with Crippen LogP contribution in [0.4, 0.5) is 0 Å². The summed E-state index contributed by atoms with van der Waals surface area (Å²) in [4.78, 5) is 0. The first-order valence-corrected chi connectivity index (χ1v) is 28.4. The van der Waals surface area contributed by atoms with Crippen molar-refractivity contribution in [3.63, 3.8) is 0 Å². The number of fused-ring (bicyclic) bond motifs is 20. The Morgan fingerprint density at radius 3 is 0.757 bits per heavy atom. The van der Waals surface area contributed by atoms with Crippen LogP contribution in [0.5, 0.6) is 0 Å². The minimum atomic E-state index is 0.0742. The molecule has 3 saturated carbocycles. The number of hydrogen-bond acceptors (Lipinski definition) is 0. The van der Waals surface area contributed by atoms with Crippen LogP contribution in [0.25, 0.3) is 89.0 Å². The second-order valence-electron chi connectivity index (χ2n) is 24.1. The van der Waals surface area contributed by atoms with Crippen molar-refractivity contribution in [3.05, 3.63) is 239 Å². The van der Waals surface area contributed by atoms with Crippen LogP contribution in [0, 0.1) is 0 Å². The first kappa shape index (κ1) is 42.1. The summed E-state index contributed by atoms with van der Waals surface area (Å²) >= 11 is 0. The highest BCUT2D eigenvalue weighted by atomic mass is 14.5. The van der Waals surface area contributed by atoms with Crippen LogP contribution in [0.15, 0.2) is 194 Å². The Bertz CT molecular complexity index is 3660. The first-order valence-electron chi connectivity index (χ1n) is 28.4. The molecule has 74 heavy (non-hydrogen) atoms. The number of hydrogen-bond donors (Lipinski definition) is 0. The molecule has 0 unspecified atom stereocenters. The van der Waals surface area contributed by atoms with E-state index >= 15 is 0 Å². The second kappa shape index (κ2) is 15.2. The van der Waals surface area contributed by atoms with E-state index in [0.717, 1.165) is 12.8 Å². The molecule has 4 spiro atoms. The fourth-order valence-electron chi connectivity index (χ4n) is 17.5. The third kappa shape index (κ3) is 5.49. The molecule has 0 aromatic heterocycles. The second-order valence-corrected chi connectivity index (χ2v) is 24.1. The fourth-order valence-corrected chi connectivity index (χ4v) is 17.5. The summed E-state index contributed by atoms with van der Waals surface area (Å²) < 4.78 is 0. The van der Waals surface area contributed by atoms with E-state index in [1.54, 1.807) is 33.4 Å². The van der Waals surface area contributed by atoms with Gasteiger partial charge in [0.05, 0.1) is 0 Å². The molecule has 3 fully saturated rings. The van der Waals surface area contributed by atoms with Gasteiger partial charge in [0.1, 0.15) is 0 Å². The summed E-state index contributed by atoms with van der Waals surface area (Å²) in [7, 11) is 0. The van der Waals surface area contributed by atoms with Gasteiger partial charge in [-0.15, -0.1) is 0 Å². The first-order chi connectivity index (χ1) is 36.5. The number of benzene rings is 9. The van der Waals surface area contributed by atoms with E-state index in [9.17, 15) is 0 Å². The largest absolute Gasteiger partial charge is 0.0873 e. The Balaban J connectivity index is 0.676. The van der Waals surface area contributed by atoms with Crippen LogP contribution in [-0.2, 0) is 21.7 Å². The normalized spacial score (nSPS) is 19.2. The van der Waals surface area contributed by atoms with E-state index in [2.05, 4.69) is 194 Å². The number of rotatable bonds is 4. The summed E-state index contributed by atoms with van der Waals surface area (Å²) in [5.41, 5.74) is 35.1. The van der Waals surface area contributed by atoms with Crippen molar-refractivity contribution in [2.24, 2.45) is 0 Å². The molecule has 0 radical (unpaired) electrons. The lowest BCUT2D eigenvalue weighted by molar-refractivity contribution is 0.549. The lowest BCUT2D eigenvalue weighted by Crippen LogP contribution is -2.21. The maximum Gasteiger partial charge on any atom is 0.0284 e. The average Bonchev–Trinajstić information content (AvgIpc) is 4.37. The molecular formula is C74H60. The lowest BCUT2D eigenvalue weighted by atomic mass is 9.74. The molecule has 0 aliphatic heterocycles. The quantitative estimate of drug-likeness (QED) is 0.154. The molecule has 0 nitrogen and oxygen atoms in total. The Morgan fingerprint density at radius 2 is 0.432 bits per heavy atom. The van der Waals surface area contributed by atoms with E-state index in [0.29, 0.717) is 0 Å². The maximum atomic E-state index is 2.61. The van der Waals surface area contributed by atoms with Crippen molar-refractivity contribution in [2.45, 2.75) is 112 Å². The molecular weight excluding hydrogens is 889 g/mol. The Hall–Kier alpha value is -7.28. The molecule has 9 aromatic carbocycles. The molecule has 0 N–H and O–H groups in total. The van der Waals surface area contributed by atoms with E-state index in [1.165, 1.54) is 177 Å². The third-order valence-electron chi connectivity index (χ3n) is 20.9. The highest BCUT2D eigenvalue weighted by molar-refractivity contribution is 5.91. The smallest absolute Gasteiger partial charge is 0.0284 e.